The number of hydrogen-bond donors (Lipinski definition) is 1. The third-order valence-electron chi connectivity index (χ3n) is 5.37. The zero-order valence-corrected chi connectivity index (χ0v) is 16.8. The molecule has 1 N–H and O–H groups in total. The number of fused-ring (bicyclic) bond motifs is 1. The number of rotatable bonds is 5. The smallest absolute Gasteiger partial charge is 0.268 e. The van der Waals surface area contributed by atoms with Crippen LogP contribution in [0.2, 0.25) is 0 Å². The van der Waals surface area contributed by atoms with Gasteiger partial charge in [0.2, 0.25) is 5.78 Å². The molecule has 5 heteroatoms. The summed E-state index contributed by atoms with van der Waals surface area (Å²) in [7, 11) is 3.85. The molecule has 0 unspecified atom stereocenters. The molecule has 0 spiro atoms. The van der Waals surface area contributed by atoms with Crippen LogP contribution < -0.4 is 5.32 Å². The Balaban J connectivity index is 1.76. The number of ketones is 1. The van der Waals surface area contributed by atoms with Gasteiger partial charge in [-0.25, -0.2) is 0 Å². The van der Waals surface area contributed by atoms with E-state index in [1.807, 2.05) is 35.8 Å². The monoisotopic (exact) mass is 377 g/mol. The largest absolute Gasteiger partial charge is 0.383 e. The Bertz CT molecular complexity index is 947. The Hall–Kier alpha value is -2.82. The van der Waals surface area contributed by atoms with E-state index < -0.39 is 0 Å². The van der Waals surface area contributed by atoms with Gasteiger partial charge in [-0.3, -0.25) is 9.59 Å². The van der Waals surface area contributed by atoms with Crippen LogP contribution in [0.3, 0.4) is 0 Å². The first-order valence-corrected chi connectivity index (χ1v) is 9.93. The van der Waals surface area contributed by atoms with Gasteiger partial charge in [0.25, 0.3) is 5.91 Å². The van der Waals surface area contributed by atoms with Gasteiger partial charge in [-0.05, 0) is 49.8 Å². The summed E-state index contributed by atoms with van der Waals surface area (Å²) in [6.45, 7) is 2.57. The van der Waals surface area contributed by atoms with Crippen LogP contribution in [-0.4, -0.2) is 41.3 Å². The summed E-state index contributed by atoms with van der Waals surface area (Å²) in [6, 6.07) is 10.5. The SMILES string of the molecule is Cc1ccc(Cn2c(C(=O)NC3CC3)cc3c2C(=O)C(=CN(C)C)CC3)cc1. The van der Waals surface area contributed by atoms with Gasteiger partial charge in [0.05, 0.1) is 5.69 Å². The van der Waals surface area contributed by atoms with Gasteiger partial charge in [-0.1, -0.05) is 29.8 Å². The van der Waals surface area contributed by atoms with Crippen LogP contribution in [0.25, 0.3) is 0 Å². The van der Waals surface area contributed by atoms with Gasteiger partial charge < -0.3 is 14.8 Å². The van der Waals surface area contributed by atoms with E-state index in [0.29, 0.717) is 24.4 Å². The van der Waals surface area contributed by atoms with Gasteiger partial charge in [0.15, 0.2) is 0 Å². The number of carbonyl (C=O) groups is 2. The van der Waals surface area contributed by atoms with E-state index in [-0.39, 0.29) is 17.7 Å². The normalized spacial score (nSPS) is 17.5. The number of amides is 1. The molecule has 1 saturated carbocycles. The summed E-state index contributed by atoms with van der Waals surface area (Å²) < 4.78 is 1.92. The molecule has 1 fully saturated rings. The predicted octanol–water partition coefficient (Wildman–Crippen LogP) is 3.31. The van der Waals surface area contributed by atoms with Crippen LogP contribution in [0.4, 0.5) is 0 Å². The Kier molecular flexibility index (Phi) is 4.84. The van der Waals surface area contributed by atoms with Crippen molar-refractivity contribution >= 4 is 11.7 Å². The highest BCUT2D eigenvalue weighted by atomic mass is 16.2. The van der Waals surface area contributed by atoms with Gasteiger partial charge in [-0.15, -0.1) is 0 Å². The summed E-state index contributed by atoms with van der Waals surface area (Å²) in [5.74, 6) is -0.0394. The molecule has 2 aliphatic rings. The number of carbonyl (C=O) groups excluding carboxylic acids is 2. The summed E-state index contributed by atoms with van der Waals surface area (Å²) in [5.41, 5.74) is 5.32. The topological polar surface area (TPSA) is 54.3 Å². The minimum absolute atomic E-state index is 0.0348. The maximum atomic E-state index is 13.2. The van der Waals surface area contributed by atoms with Crippen LogP contribution in [0.15, 0.2) is 42.1 Å². The first kappa shape index (κ1) is 18.5. The Morgan fingerprint density at radius 3 is 2.57 bits per heavy atom. The number of benzene rings is 1. The van der Waals surface area contributed by atoms with Crippen molar-refractivity contribution in [3.05, 3.63) is 70.2 Å². The lowest BCUT2D eigenvalue weighted by atomic mass is 9.92. The zero-order valence-electron chi connectivity index (χ0n) is 16.8. The van der Waals surface area contributed by atoms with E-state index in [4.69, 9.17) is 0 Å². The number of nitrogens with one attached hydrogen (secondary N) is 1. The number of hydrogen-bond acceptors (Lipinski definition) is 3. The predicted molar refractivity (Wildman–Crippen MR) is 110 cm³/mol. The standard InChI is InChI=1S/C23H27N3O2/c1-15-4-6-16(7-5-15)13-26-20(23(28)24-19-10-11-19)12-17-8-9-18(14-25(2)3)22(27)21(17)26/h4-7,12,14,19H,8-11,13H2,1-3H3,(H,24,28). The third-order valence-corrected chi connectivity index (χ3v) is 5.37. The first-order chi connectivity index (χ1) is 13.4. The zero-order chi connectivity index (χ0) is 19.8. The number of aryl methyl sites for hydroxylation is 2. The molecular formula is C23H27N3O2. The Morgan fingerprint density at radius 2 is 1.93 bits per heavy atom. The van der Waals surface area contributed by atoms with Crippen LogP contribution in [-0.2, 0) is 13.0 Å². The van der Waals surface area contributed by atoms with Crippen LogP contribution in [0, 0.1) is 6.92 Å². The van der Waals surface area contributed by atoms with Crippen molar-refractivity contribution < 1.29 is 9.59 Å². The van der Waals surface area contributed by atoms with Crippen molar-refractivity contribution in [3.8, 4) is 0 Å². The lowest BCUT2D eigenvalue weighted by Crippen LogP contribution is -2.29. The molecule has 0 bridgehead atoms. The lowest BCUT2D eigenvalue weighted by Gasteiger charge is -2.20. The van der Waals surface area contributed by atoms with Gasteiger partial charge >= 0.3 is 0 Å². The number of nitrogens with zero attached hydrogens (tertiary/aromatic N) is 2. The highest BCUT2D eigenvalue weighted by molar-refractivity contribution is 6.11. The van der Waals surface area contributed by atoms with Gasteiger partial charge in [-0.2, -0.15) is 0 Å². The molecule has 1 amide bonds. The lowest BCUT2D eigenvalue weighted by molar-refractivity contribution is 0.0942. The van der Waals surface area contributed by atoms with Crippen LogP contribution in [0.5, 0.6) is 0 Å². The molecule has 28 heavy (non-hydrogen) atoms. The van der Waals surface area contributed by atoms with Crippen molar-refractivity contribution in [2.75, 3.05) is 14.1 Å². The molecule has 1 aromatic heterocycles. The quantitative estimate of drug-likeness (QED) is 0.814. The second kappa shape index (κ2) is 7.30. The fraction of sp³-hybridized carbons (Fsp3) is 0.391. The number of allylic oxidation sites excluding steroid dienone is 1. The van der Waals surface area contributed by atoms with E-state index in [9.17, 15) is 9.59 Å². The van der Waals surface area contributed by atoms with E-state index >= 15 is 0 Å². The Morgan fingerprint density at radius 1 is 1.21 bits per heavy atom. The minimum atomic E-state index is -0.0741. The molecule has 5 nitrogen and oxygen atoms in total. The van der Waals surface area contributed by atoms with E-state index in [1.165, 1.54) is 5.56 Å². The van der Waals surface area contributed by atoms with Gasteiger partial charge in [0, 0.05) is 38.5 Å². The molecule has 0 atom stereocenters. The third kappa shape index (κ3) is 3.75. The van der Waals surface area contributed by atoms with E-state index in [0.717, 1.165) is 36.0 Å². The first-order valence-electron chi connectivity index (χ1n) is 9.93. The summed E-state index contributed by atoms with van der Waals surface area (Å²) >= 11 is 0. The highest BCUT2D eigenvalue weighted by Gasteiger charge is 2.32. The van der Waals surface area contributed by atoms with Crippen molar-refractivity contribution in [1.82, 2.24) is 14.8 Å². The van der Waals surface area contributed by atoms with E-state index in [2.05, 4.69) is 36.5 Å². The molecule has 0 saturated heterocycles. The maximum Gasteiger partial charge on any atom is 0.268 e. The van der Waals surface area contributed by atoms with Crippen molar-refractivity contribution in [3.63, 3.8) is 0 Å². The Labute approximate surface area is 166 Å². The minimum Gasteiger partial charge on any atom is -0.383 e. The average Bonchev–Trinajstić information content (AvgIpc) is 3.38. The fourth-order valence-electron chi connectivity index (χ4n) is 3.75. The second-order valence-corrected chi connectivity index (χ2v) is 8.17. The number of Topliss-reactive ketones (excluding diaryl/α,β-unsaturated/α-hetero) is 1. The van der Waals surface area contributed by atoms with E-state index in [1.54, 1.807) is 0 Å². The molecular weight excluding hydrogens is 350 g/mol. The maximum absolute atomic E-state index is 13.2. The fourth-order valence-corrected chi connectivity index (χ4v) is 3.75. The molecule has 1 aromatic carbocycles. The second-order valence-electron chi connectivity index (χ2n) is 8.17. The molecule has 0 radical (unpaired) electrons. The summed E-state index contributed by atoms with van der Waals surface area (Å²) in [5, 5.41) is 3.08. The summed E-state index contributed by atoms with van der Waals surface area (Å²) in [4.78, 5) is 28.0. The molecule has 1 heterocycles. The van der Waals surface area contributed by atoms with Crippen molar-refractivity contribution in [2.24, 2.45) is 0 Å². The van der Waals surface area contributed by atoms with Gasteiger partial charge in [0.1, 0.15) is 5.69 Å². The molecule has 146 valence electrons. The number of aromatic nitrogens is 1. The summed E-state index contributed by atoms with van der Waals surface area (Å²) in [6.07, 6.45) is 5.48. The molecule has 4 rings (SSSR count). The molecule has 2 aliphatic carbocycles. The molecule has 2 aromatic rings. The van der Waals surface area contributed by atoms with Crippen LogP contribution in [0.1, 0.15) is 56.9 Å². The van der Waals surface area contributed by atoms with Crippen molar-refractivity contribution in [2.45, 2.75) is 45.2 Å². The average molecular weight is 377 g/mol. The molecule has 0 aliphatic heterocycles. The van der Waals surface area contributed by atoms with Crippen molar-refractivity contribution in [1.29, 1.82) is 0 Å². The van der Waals surface area contributed by atoms with Crippen LogP contribution >= 0.6 is 0 Å². The highest BCUT2D eigenvalue weighted by Crippen LogP contribution is 2.30.